The zero-order valence-corrected chi connectivity index (χ0v) is 50.0. The zero-order chi connectivity index (χ0) is 56.2. The van der Waals surface area contributed by atoms with Gasteiger partial charge in [0.1, 0.15) is 26.2 Å². The lowest BCUT2D eigenvalue weighted by molar-refractivity contribution is -0.697. The maximum Gasteiger partial charge on any atom is 0.168 e. The summed E-state index contributed by atoms with van der Waals surface area (Å²) < 4.78 is 9.05. The summed E-state index contributed by atoms with van der Waals surface area (Å²) in [5, 5.41) is 0. The number of nitrogens with zero attached hydrogens (tertiary/aromatic N) is 6. The van der Waals surface area contributed by atoms with Crippen molar-refractivity contribution in [2.45, 2.75) is 208 Å². The molecule has 0 amide bonds. The summed E-state index contributed by atoms with van der Waals surface area (Å²) in [6.07, 6.45) is 58.3. The van der Waals surface area contributed by atoms with Gasteiger partial charge in [0.2, 0.25) is 0 Å². The van der Waals surface area contributed by atoms with Crippen molar-refractivity contribution in [3.63, 3.8) is 0 Å². The second-order valence-corrected chi connectivity index (χ2v) is 21.4. The van der Waals surface area contributed by atoms with E-state index >= 15 is 0 Å². The molecule has 426 valence electrons. The molecule has 2 N–H and O–H groups in total. The quantitative estimate of drug-likeness (QED) is 0.0379. The van der Waals surface area contributed by atoms with Crippen molar-refractivity contribution >= 4 is 46.4 Å². The maximum absolute atomic E-state index is 4.63. The van der Waals surface area contributed by atoms with E-state index < -0.39 is 0 Å². The van der Waals surface area contributed by atoms with Crippen LogP contribution in [0.5, 0.6) is 0 Å². The topological polar surface area (TPSA) is 72.9 Å². The standard InChI is InChI=1S/C20H14N4.4C13H22N/c1-2-14-10-16-5-6-18(23-16)12-20-8-7-19(24-20)11-17-4-3-15(22-17)9-13(1)21-14;4*1-2-3-4-5-6-8-11-14-12-9-7-10-13-14/h1-12,21,24H;4*7,9-10,12-13H,2-6,8,11H2,1H3/q;4*+1. The van der Waals surface area contributed by atoms with Crippen molar-refractivity contribution in [3.05, 3.63) is 194 Å². The summed E-state index contributed by atoms with van der Waals surface area (Å²) in [5.74, 6) is 0. The van der Waals surface area contributed by atoms with Gasteiger partial charge in [-0.15, -0.1) is 0 Å². The Labute approximate surface area is 483 Å². The average Bonchev–Trinajstić information content (AvgIpc) is 4.34. The van der Waals surface area contributed by atoms with E-state index in [-0.39, 0.29) is 0 Å². The minimum atomic E-state index is 0.939. The second-order valence-electron chi connectivity index (χ2n) is 21.4. The molecule has 2 aliphatic rings. The van der Waals surface area contributed by atoms with Gasteiger partial charge in [-0.3, -0.25) is 0 Å². The van der Waals surface area contributed by atoms with Crippen LogP contribution in [0.4, 0.5) is 0 Å². The van der Waals surface area contributed by atoms with Gasteiger partial charge in [0.15, 0.2) is 49.6 Å². The first-order chi connectivity index (χ1) is 39.5. The fraction of sp³-hybridized carbons (Fsp3) is 0.444. The van der Waals surface area contributed by atoms with Gasteiger partial charge in [-0.05, 0) is 98.5 Å². The third-order valence-electron chi connectivity index (χ3n) is 14.2. The largest absolute Gasteiger partial charge is 0.355 e. The van der Waals surface area contributed by atoms with Gasteiger partial charge in [0.25, 0.3) is 0 Å². The predicted octanol–water partition coefficient (Wildman–Crippen LogP) is 18.0. The molecule has 0 saturated heterocycles. The Kier molecular flexibility index (Phi) is 33.7. The van der Waals surface area contributed by atoms with Gasteiger partial charge in [0, 0.05) is 96.3 Å². The van der Waals surface area contributed by atoms with Crippen LogP contribution in [0.15, 0.2) is 171 Å². The monoisotopic (exact) mass is 1080 g/mol. The Hall–Kier alpha value is -6.80. The first kappa shape index (κ1) is 64.0. The summed E-state index contributed by atoms with van der Waals surface area (Å²) in [4.78, 5) is 16.0. The molecule has 0 saturated carbocycles. The van der Waals surface area contributed by atoms with Crippen LogP contribution in [-0.4, -0.2) is 19.9 Å². The Bertz CT molecular complexity index is 2450. The smallest absolute Gasteiger partial charge is 0.168 e. The van der Waals surface area contributed by atoms with Crippen molar-refractivity contribution in [1.29, 1.82) is 0 Å². The SMILES string of the molecule is C1=Cc2cc3ccc(cc4nc(cc5ccc(cc1n2)[nH]5)C=C4)[nH]3.CCCCCCCC[n+]1ccccc1.CCCCCCCC[n+]1ccccc1.CCCCCCCC[n+]1ccccc1.CCCCCCCC[n+]1ccccc1. The summed E-state index contributed by atoms with van der Waals surface area (Å²) in [7, 11) is 0. The minimum absolute atomic E-state index is 0.939. The van der Waals surface area contributed by atoms with E-state index in [1.54, 1.807) is 0 Å². The van der Waals surface area contributed by atoms with Gasteiger partial charge in [-0.25, -0.2) is 28.2 Å². The van der Waals surface area contributed by atoms with Crippen LogP contribution in [0.2, 0.25) is 0 Å². The molecular formula is C72H102N8+4. The number of H-pyrrole nitrogens is 2. The number of pyridine rings is 4. The van der Waals surface area contributed by atoms with Gasteiger partial charge in [0.05, 0.1) is 22.8 Å². The van der Waals surface area contributed by atoms with E-state index in [0.29, 0.717) is 0 Å². The molecule has 8 nitrogen and oxygen atoms in total. The molecule has 7 aromatic heterocycles. The van der Waals surface area contributed by atoms with Crippen molar-refractivity contribution in [2.75, 3.05) is 0 Å². The van der Waals surface area contributed by atoms with Crippen molar-refractivity contribution in [1.82, 2.24) is 19.9 Å². The summed E-state index contributed by atoms with van der Waals surface area (Å²) in [5.41, 5.74) is 7.86. The summed E-state index contributed by atoms with van der Waals surface area (Å²) in [6.45, 7) is 13.7. The molecular weight excluding hydrogens is 977 g/mol. The normalized spacial score (nSPS) is 11.1. The Morgan fingerprint density at radius 1 is 0.263 bits per heavy atom. The highest BCUT2D eigenvalue weighted by Crippen LogP contribution is 2.17. The number of fused-ring (bicyclic) bond motifs is 8. The maximum atomic E-state index is 4.63. The van der Waals surface area contributed by atoms with Crippen LogP contribution in [0.3, 0.4) is 0 Å². The van der Waals surface area contributed by atoms with E-state index in [4.69, 9.17) is 0 Å². The minimum Gasteiger partial charge on any atom is -0.355 e. The lowest BCUT2D eigenvalue weighted by Crippen LogP contribution is -2.32. The lowest BCUT2D eigenvalue weighted by Gasteiger charge is -1.98. The number of aromatic nitrogens is 8. The molecule has 2 aliphatic heterocycles. The molecule has 0 atom stereocenters. The molecule has 0 aliphatic carbocycles. The molecule has 0 unspecified atom stereocenters. The third-order valence-corrected chi connectivity index (χ3v) is 14.2. The lowest BCUT2D eigenvalue weighted by atomic mass is 10.1. The molecule has 8 bridgehead atoms. The van der Waals surface area contributed by atoms with Gasteiger partial charge >= 0.3 is 0 Å². The summed E-state index contributed by atoms with van der Waals surface area (Å²) >= 11 is 0. The molecule has 0 radical (unpaired) electrons. The van der Waals surface area contributed by atoms with Crippen LogP contribution < -0.4 is 18.3 Å². The molecule has 0 aromatic carbocycles. The van der Waals surface area contributed by atoms with E-state index in [0.717, 1.165) is 44.8 Å². The third kappa shape index (κ3) is 29.4. The molecule has 8 heteroatoms. The van der Waals surface area contributed by atoms with Gasteiger partial charge < -0.3 is 9.97 Å². The van der Waals surface area contributed by atoms with Crippen LogP contribution in [0, 0.1) is 0 Å². The second kappa shape index (κ2) is 42.1. The summed E-state index contributed by atoms with van der Waals surface area (Å²) in [6, 6.07) is 41.4. The van der Waals surface area contributed by atoms with E-state index in [1.807, 2.05) is 48.6 Å². The predicted molar refractivity (Wildman–Crippen MR) is 339 cm³/mol. The number of unbranched alkanes of at least 4 members (excludes halogenated alkanes) is 20. The molecule has 0 spiro atoms. The van der Waals surface area contributed by atoms with Crippen molar-refractivity contribution in [2.24, 2.45) is 0 Å². The Morgan fingerprint density at radius 3 is 0.675 bits per heavy atom. The molecule has 80 heavy (non-hydrogen) atoms. The molecule has 0 fully saturated rings. The van der Waals surface area contributed by atoms with E-state index in [1.165, 1.54) is 180 Å². The zero-order valence-electron chi connectivity index (χ0n) is 50.0. The fourth-order valence-electron chi connectivity index (χ4n) is 9.58. The van der Waals surface area contributed by atoms with Crippen LogP contribution >= 0.6 is 0 Å². The highest BCUT2D eigenvalue weighted by atomic mass is 14.9. The number of nitrogens with one attached hydrogen (secondary N) is 2. The van der Waals surface area contributed by atoms with Gasteiger partial charge in [-0.2, -0.15) is 0 Å². The molecule has 7 aromatic rings. The van der Waals surface area contributed by atoms with E-state index in [9.17, 15) is 0 Å². The average molecular weight is 1080 g/mol. The number of aryl methyl sites for hydroxylation is 4. The number of hydrogen-bond donors (Lipinski definition) is 2. The first-order valence-corrected chi connectivity index (χ1v) is 31.3. The van der Waals surface area contributed by atoms with Crippen LogP contribution in [-0.2, 0) is 26.2 Å². The van der Waals surface area contributed by atoms with E-state index in [2.05, 4.69) is 213 Å². The highest BCUT2D eigenvalue weighted by Gasteiger charge is 2.03. The number of aromatic amines is 2. The molecule has 9 rings (SSSR count). The highest BCUT2D eigenvalue weighted by molar-refractivity contribution is 5.77. The fourth-order valence-corrected chi connectivity index (χ4v) is 9.58. The molecule has 9 heterocycles. The Balaban J connectivity index is 0.000000189. The van der Waals surface area contributed by atoms with Crippen LogP contribution in [0.25, 0.3) is 46.4 Å². The van der Waals surface area contributed by atoms with Crippen molar-refractivity contribution < 1.29 is 18.3 Å². The first-order valence-electron chi connectivity index (χ1n) is 31.3. The number of hydrogen-bond acceptors (Lipinski definition) is 2. The Morgan fingerprint density at radius 2 is 0.463 bits per heavy atom. The number of rotatable bonds is 28. The van der Waals surface area contributed by atoms with Gasteiger partial charge in [-0.1, -0.05) is 155 Å². The van der Waals surface area contributed by atoms with Crippen LogP contribution in [0.1, 0.15) is 205 Å². The van der Waals surface area contributed by atoms with Crippen molar-refractivity contribution in [3.8, 4) is 0 Å².